The fourth-order valence-electron chi connectivity index (χ4n) is 8.90. The molecule has 5 heterocycles. The third kappa shape index (κ3) is 4.35. The number of benzene rings is 7. The Morgan fingerprint density at radius 1 is 0.339 bits per heavy atom. The Labute approximate surface area is 317 Å². The molecule has 7 aromatic carbocycles. The van der Waals surface area contributed by atoms with Crippen molar-refractivity contribution < 1.29 is 0 Å². The van der Waals surface area contributed by atoms with E-state index < -0.39 is 0 Å². The Hall–Kier alpha value is -7.58. The molecule has 1 aliphatic carbocycles. The van der Waals surface area contributed by atoms with Gasteiger partial charge < -0.3 is 9.97 Å². The molecule has 56 heavy (non-hydrogen) atoms. The van der Waals surface area contributed by atoms with E-state index in [0.29, 0.717) is 45.9 Å². The van der Waals surface area contributed by atoms with Crippen LogP contribution >= 0.6 is 0 Å². The van der Waals surface area contributed by atoms with Crippen molar-refractivity contribution in [1.29, 1.82) is 0 Å². The number of aromatic amines is 2. The molecule has 260 valence electrons. The van der Waals surface area contributed by atoms with Gasteiger partial charge in [0.25, 0.3) is 0 Å². The number of rotatable bonds is 0. The molecule has 2 unspecified atom stereocenters. The number of hydrogen-bond acceptors (Lipinski definition) is 6. The lowest BCUT2D eigenvalue weighted by Crippen LogP contribution is -2.30. The van der Waals surface area contributed by atoms with Crippen LogP contribution in [0.3, 0.4) is 0 Å². The van der Waals surface area contributed by atoms with Gasteiger partial charge in [-0.25, -0.2) is 29.9 Å². The van der Waals surface area contributed by atoms with Crippen LogP contribution in [0.25, 0.3) is 111 Å². The van der Waals surface area contributed by atoms with E-state index >= 15 is 0 Å². The quantitative estimate of drug-likeness (QED) is 0.162. The molecule has 0 radical (unpaired) electrons. The lowest BCUT2D eigenvalue weighted by molar-refractivity contribution is 0.795. The highest BCUT2D eigenvalue weighted by Crippen LogP contribution is 2.41. The van der Waals surface area contributed by atoms with Crippen LogP contribution in [0.4, 0.5) is 0 Å². The van der Waals surface area contributed by atoms with Gasteiger partial charge in [-0.3, -0.25) is 0 Å². The Morgan fingerprint density at radius 3 is 1.07 bits per heavy atom. The molecule has 3 aromatic heterocycles. The monoisotopic (exact) mass is 716 g/mol. The molecule has 0 saturated heterocycles. The highest BCUT2D eigenvalue weighted by molar-refractivity contribution is 6.12. The maximum absolute atomic E-state index is 5.37. The number of hydrogen-bond donors (Lipinski definition) is 2. The summed E-state index contributed by atoms with van der Waals surface area (Å²) in [5.74, 6) is 2.36. The van der Waals surface area contributed by atoms with Gasteiger partial charge in [0.15, 0.2) is 11.6 Å². The number of H-pyrrole nitrogens is 2. The molecule has 0 spiro atoms. The second kappa shape index (κ2) is 11.0. The molecule has 3 aliphatic rings. The van der Waals surface area contributed by atoms with E-state index in [4.69, 9.17) is 29.9 Å². The number of aromatic nitrogens is 8. The first-order chi connectivity index (χ1) is 27.7. The summed E-state index contributed by atoms with van der Waals surface area (Å²) in [6, 6.07) is 46.8. The lowest BCUT2D eigenvalue weighted by atomic mass is 9.87. The summed E-state index contributed by atoms with van der Waals surface area (Å²) in [5, 5.41) is 12.9. The zero-order valence-corrected chi connectivity index (χ0v) is 29.7. The second-order valence-electron chi connectivity index (χ2n) is 14.9. The third-order valence-corrected chi connectivity index (χ3v) is 11.7. The minimum atomic E-state index is -0.110. The second-order valence-corrected chi connectivity index (χ2v) is 14.9. The Morgan fingerprint density at radius 2 is 0.679 bits per heavy atom. The van der Waals surface area contributed by atoms with E-state index in [1.54, 1.807) is 0 Å². The van der Waals surface area contributed by atoms with Crippen LogP contribution in [0.1, 0.15) is 23.5 Å². The molecule has 0 saturated carbocycles. The average molecular weight is 717 g/mol. The maximum atomic E-state index is 5.37. The van der Waals surface area contributed by atoms with E-state index in [9.17, 15) is 0 Å². The van der Waals surface area contributed by atoms with Gasteiger partial charge in [0.05, 0.1) is 11.8 Å². The minimum Gasteiger partial charge on any atom is -0.324 e. The fourth-order valence-corrected chi connectivity index (χ4v) is 8.90. The smallest absolute Gasteiger partial charge is 0.164 e. The predicted octanol–water partition coefficient (Wildman–Crippen LogP) is 9.14. The van der Waals surface area contributed by atoms with E-state index in [1.165, 1.54) is 0 Å². The molecule has 8 heteroatoms. The Kier molecular flexibility index (Phi) is 5.85. The van der Waals surface area contributed by atoms with Gasteiger partial charge in [0.2, 0.25) is 0 Å². The molecule has 8 nitrogen and oxygen atoms in total. The first-order valence-corrected chi connectivity index (χ1v) is 18.9. The molecule has 2 aliphatic heterocycles. The van der Waals surface area contributed by atoms with Crippen molar-refractivity contribution in [2.45, 2.75) is 11.8 Å². The van der Waals surface area contributed by atoms with Crippen molar-refractivity contribution in [3.05, 3.63) is 156 Å². The van der Waals surface area contributed by atoms with E-state index in [-0.39, 0.29) is 11.8 Å². The van der Waals surface area contributed by atoms with Crippen LogP contribution in [0.2, 0.25) is 0 Å². The largest absolute Gasteiger partial charge is 0.324 e. The summed E-state index contributed by atoms with van der Waals surface area (Å²) in [7, 11) is 0. The summed E-state index contributed by atoms with van der Waals surface area (Å²) in [5.41, 5.74) is 4.62. The molecule has 2 N–H and O–H groups in total. The van der Waals surface area contributed by atoms with E-state index in [2.05, 4.69) is 156 Å². The summed E-state index contributed by atoms with van der Waals surface area (Å²) >= 11 is 0. The molecule has 0 amide bonds. The van der Waals surface area contributed by atoms with Crippen LogP contribution in [0, 0.1) is 0 Å². The number of nitrogens with one attached hydrogen (secondary N) is 2. The highest BCUT2D eigenvalue weighted by Gasteiger charge is 2.33. The zero-order chi connectivity index (χ0) is 36.5. The van der Waals surface area contributed by atoms with Crippen molar-refractivity contribution in [2.75, 3.05) is 0 Å². The summed E-state index contributed by atoms with van der Waals surface area (Å²) < 4.78 is 0. The Balaban J connectivity index is 1.22. The molecule has 0 fully saturated rings. The predicted molar refractivity (Wildman–Crippen MR) is 224 cm³/mol. The van der Waals surface area contributed by atoms with Crippen LogP contribution in [-0.2, 0) is 0 Å². The van der Waals surface area contributed by atoms with E-state index in [1.807, 2.05) is 0 Å². The number of fused-ring (bicyclic) bond motifs is 24. The molecular formula is C48H28N8. The summed E-state index contributed by atoms with van der Waals surface area (Å²) in [6.45, 7) is 0. The maximum Gasteiger partial charge on any atom is 0.164 e. The van der Waals surface area contributed by atoms with Gasteiger partial charge in [0, 0.05) is 32.7 Å². The lowest BCUT2D eigenvalue weighted by Gasteiger charge is -2.15. The van der Waals surface area contributed by atoms with Crippen LogP contribution in [0.15, 0.2) is 133 Å². The molecular weight excluding hydrogens is 689 g/mol. The van der Waals surface area contributed by atoms with Crippen molar-refractivity contribution in [3.8, 4) is 22.8 Å². The molecule has 10 aromatic rings. The molecule has 13 rings (SSSR count). The van der Waals surface area contributed by atoms with Gasteiger partial charge in [-0.15, -0.1) is 0 Å². The van der Waals surface area contributed by atoms with Crippen molar-refractivity contribution in [2.24, 2.45) is 0 Å². The van der Waals surface area contributed by atoms with Gasteiger partial charge in [-0.2, -0.15) is 0 Å². The minimum absolute atomic E-state index is 0.110. The van der Waals surface area contributed by atoms with Crippen LogP contribution in [-0.4, -0.2) is 39.9 Å². The average Bonchev–Trinajstić information content (AvgIpc) is 3.95. The van der Waals surface area contributed by atoms with Gasteiger partial charge in [-0.05, 0) is 79.2 Å². The molecule has 2 atom stereocenters. The van der Waals surface area contributed by atoms with E-state index in [0.717, 1.165) is 75.4 Å². The normalized spacial score (nSPS) is 15.8. The van der Waals surface area contributed by atoms with Crippen molar-refractivity contribution >= 4 is 88.6 Å². The molecule has 8 bridgehead atoms. The van der Waals surface area contributed by atoms with Crippen LogP contribution in [0.5, 0.6) is 0 Å². The topological polar surface area (TPSA) is 109 Å². The summed E-state index contributed by atoms with van der Waals surface area (Å²) in [4.78, 5) is 39.1. The third-order valence-electron chi connectivity index (χ3n) is 11.7. The SMILES string of the molecule is C1=c2ccccc2=CC2c3nc(nc4[nH]c(nc5nc(nc6[nH]c(n3)c3cc7ccccc7cc63)-c3cc6ccccc6cc3-5)c3cc5ccccc5cc43)C12. The van der Waals surface area contributed by atoms with Gasteiger partial charge in [0.1, 0.15) is 34.2 Å². The van der Waals surface area contributed by atoms with Crippen molar-refractivity contribution in [3.63, 3.8) is 0 Å². The van der Waals surface area contributed by atoms with Gasteiger partial charge >= 0.3 is 0 Å². The Bertz CT molecular complexity index is 3460. The number of nitrogens with zero attached hydrogens (tertiary/aromatic N) is 6. The fraction of sp³-hybridized carbons (Fsp3) is 0.0417. The van der Waals surface area contributed by atoms with Crippen molar-refractivity contribution in [1.82, 2.24) is 39.9 Å². The van der Waals surface area contributed by atoms with Crippen LogP contribution < -0.4 is 10.4 Å². The summed E-state index contributed by atoms with van der Waals surface area (Å²) in [6.07, 6.45) is 4.58. The zero-order valence-electron chi connectivity index (χ0n) is 29.7. The first kappa shape index (κ1) is 29.8. The van der Waals surface area contributed by atoms with Gasteiger partial charge in [-0.1, -0.05) is 109 Å². The first-order valence-electron chi connectivity index (χ1n) is 18.9. The standard InChI is InChI=1S/C48H28N8/c1-2-10-26-18-34-33(17-25(26)9-1)41-49-42(34)54-44-37-21-29-13-5-6-14-30(29)22-38(37)46(51-44)56-48-40-24-32-16-8-7-15-31(32)23-39(40)47(52-48)55-45-36-20-28-12-4-3-11-27(28)19-35(36)43(50-45)53-41/h1-24,33-34H,(H2,49,50,51,52,53,54,55,56). The highest BCUT2D eigenvalue weighted by atomic mass is 15.1.